The Morgan fingerprint density at radius 1 is 1.14 bits per heavy atom. The van der Waals surface area contributed by atoms with E-state index in [9.17, 15) is 9.59 Å². The fourth-order valence-electron chi connectivity index (χ4n) is 1.78. The summed E-state index contributed by atoms with van der Waals surface area (Å²) >= 11 is 1.36. The van der Waals surface area contributed by atoms with E-state index in [0.717, 1.165) is 10.2 Å². The van der Waals surface area contributed by atoms with Gasteiger partial charge < -0.3 is 4.74 Å². The molecule has 3 aromatic rings. The molecule has 0 spiro atoms. The molecule has 1 aromatic carbocycles. The summed E-state index contributed by atoms with van der Waals surface area (Å²) in [5, 5.41) is 3.10. The molecule has 2 heterocycles. The molecule has 0 aliphatic heterocycles. The van der Waals surface area contributed by atoms with Crippen molar-refractivity contribution in [3.63, 3.8) is 0 Å². The van der Waals surface area contributed by atoms with Crippen molar-refractivity contribution in [2.24, 2.45) is 0 Å². The largest absolute Gasteiger partial charge is 0.452 e. The molecule has 3 rings (SSSR count). The van der Waals surface area contributed by atoms with Gasteiger partial charge in [-0.25, -0.2) is 9.78 Å². The van der Waals surface area contributed by atoms with Gasteiger partial charge in [0.1, 0.15) is 0 Å². The summed E-state index contributed by atoms with van der Waals surface area (Å²) in [5.74, 6) is -0.997. The Hall–Kier alpha value is -2.80. The van der Waals surface area contributed by atoms with E-state index in [1.54, 1.807) is 0 Å². The number of anilines is 1. The Kier molecular flexibility index (Phi) is 4.06. The van der Waals surface area contributed by atoms with E-state index in [-0.39, 0.29) is 6.61 Å². The predicted molar refractivity (Wildman–Crippen MR) is 82.8 cm³/mol. The second kappa shape index (κ2) is 6.31. The number of nitrogens with one attached hydrogen (secondary N) is 1. The standard InChI is InChI=1S/C15H11N3O3S/c19-13(9-21-14(20)10-5-7-16-8-6-10)18-15-17-11-3-1-2-4-12(11)22-15/h1-8H,9H2,(H,17,18,19). The number of pyridine rings is 1. The number of hydrogen-bond donors (Lipinski definition) is 1. The quantitative estimate of drug-likeness (QED) is 0.748. The number of benzene rings is 1. The number of carbonyl (C=O) groups is 2. The maximum absolute atomic E-state index is 11.8. The number of aromatic nitrogens is 2. The summed E-state index contributed by atoms with van der Waals surface area (Å²) in [5.41, 5.74) is 1.17. The summed E-state index contributed by atoms with van der Waals surface area (Å²) in [6.07, 6.45) is 2.97. The molecule has 0 aliphatic carbocycles. The maximum atomic E-state index is 11.8. The van der Waals surface area contributed by atoms with E-state index in [0.29, 0.717) is 10.7 Å². The normalized spacial score (nSPS) is 10.4. The van der Waals surface area contributed by atoms with Gasteiger partial charge in [0.25, 0.3) is 5.91 Å². The molecule has 110 valence electrons. The molecule has 0 bridgehead atoms. The fraction of sp³-hybridized carbons (Fsp3) is 0.0667. The minimum atomic E-state index is -0.568. The lowest BCUT2D eigenvalue weighted by Crippen LogP contribution is -2.20. The van der Waals surface area contributed by atoms with Crippen LogP contribution in [-0.2, 0) is 9.53 Å². The third-order valence-corrected chi connectivity index (χ3v) is 3.74. The van der Waals surface area contributed by atoms with Gasteiger partial charge >= 0.3 is 5.97 Å². The third-order valence-electron chi connectivity index (χ3n) is 2.79. The zero-order chi connectivity index (χ0) is 15.4. The highest BCUT2D eigenvalue weighted by molar-refractivity contribution is 7.22. The maximum Gasteiger partial charge on any atom is 0.338 e. The number of hydrogen-bond acceptors (Lipinski definition) is 6. The van der Waals surface area contributed by atoms with Crippen LogP contribution < -0.4 is 5.32 Å². The molecule has 1 N–H and O–H groups in total. The molecule has 0 radical (unpaired) electrons. The number of ether oxygens (including phenoxy) is 1. The van der Waals surface area contributed by atoms with E-state index in [2.05, 4.69) is 15.3 Å². The Balaban J connectivity index is 1.57. The highest BCUT2D eigenvalue weighted by Gasteiger charge is 2.11. The highest BCUT2D eigenvalue weighted by atomic mass is 32.1. The first-order valence-electron chi connectivity index (χ1n) is 6.45. The monoisotopic (exact) mass is 313 g/mol. The van der Waals surface area contributed by atoms with Crippen LogP contribution in [0.25, 0.3) is 10.2 Å². The Bertz CT molecular complexity index is 784. The van der Waals surface area contributed by atoms with Crippen LogP contribution in [0.2, 0.25) is 0 Å². The molecule has 22 heavy (non-hydrogen) atoms. The Morgan fingerprint density at radius 3 is 2.68 bits per heavy atom. The van der Waals surface area contributed by atoms with Gasteiger partial charge in [-0.05, 0) is 24.3 Å². The van der Waals surface area contributed by atoms with Crippen LogP contribution in [0, 0.1) is 0 Å². The van der Waals surface area contributed by atoms with Gasteiger partial charge in [0, 0.05) is 12.4 Å². The second-order valence-electron chi connectivity index (χ2n) is 4.35. The average Bonchev–Trinajstić information content (AvgIpc) is 2.95. The van der Waals surface area contributed by atoms with Crippen molar-refractivity contribution in [3.8, 4) is 0 Å². The SMILES string of the molecule is O=C(COC(=O)c1ccncc1)Nc1nc2ccccc2s1. The predicted octanol–water partition coefficient (Wildman–Crippen LogP) is 2.49. The fourth-order valence-corrected chi connectivity index (χ4v) is 2.67. The first-order valence-corrected chi connectivity index (χ1v) is 7.26. The molecule has 0 unspecified atom stereocenters. The Morgan fingerprint density at radius 2 is 1.91 bits per heavy atom. The van der Waals surface area contributed by atoms with Crippen LogP contribution in [0.15, 0.2) is 48.8 Å². The summed E-state index contributed by atoms with van der Waals surface area (Å²) in [7, 11) is 0. The van der Waals surface area contributed by atoms with Gasteiger partial charge in [0.15, 0.2) is 11.7 Å². The van der Waals surface area contributed by atoms with Crippen molar-refractivity contribution < 1.29 is 14.3 Å². The number of nitrogens with zero attached hydrogens (tertiary/aromatic N) is 2. The number of rotatable bonds is 4. The number of para-hydroxylation sites is 1. The van der Waals surface area contributed by atoms with Crippen LogP contribution in [0.3, 0.4) is 0 Å². The number of thiazole rings is 1. The third kappa shape index (κ3) is 3.26. The highest BCUT2D eigenvalue weighted by Crippen LogP contribution is 2.25. The van der Waals surface area contributed by atoms with Gasteiger partial charge in [-0.15, -0.1) is 0 Å². The van der Waals surface area contributed by atoms with Crippen molar-refractivity contribution in [1.82, 2.24) is 9.97 Å². The first kappa shape index (κ1) is 14.2. The van der Waals surface area contributed by atoms with Gasteiger partial charge in [0.05, 0.1) is 15.8 Å². The lowest BCUT2D eigenvalue weighted by atomic mass is 10.3. The zero-order valence-corrected chi connectivity index (χ0v) is 12.2. The van der Waals surface area contributed by atoms with E-state index >= 15 is 0 Å². The molecule has 1 amide bonds. The summed E-state index contributed by atoms with van der Waals surface area (Å²) in [4.78, 5) is 31.6. The number of esters is 1. The van der Waals surface area contributed by atoms with E-state index in [1.165, 1.54) is 35.9 Å². The van der Waals surface area contributed by atoms with Gasteiger partial charge in [-0.3, -0.25) is 15.1 Å². The lowest BCUT2D eigenvalue weighted by Gasteiger charge is -2.04. The lowest BCUT2D eigenvalue weighted by molar-refractivity contribution is -0.119. The second-order valence-corrected chi connectivity index (χ2v) is 5.38. The molecule has 0 fully saturated rings. The van der Waals surface area contributed by atoms with Crippen molar-refractivity contribution in [2.75, 3.05) is 11.9 Å². The molecule has 0 saturated heterocycles. The van der Waals surface area contributed by atoms with E-state index in [4.69, 9.17) is 4.74 Å². The van der Waals surface area contributed by atoms with Gasteiger partial charge in [-0.1, -0.05) is 23.5 Å². The van der Waals surface area contributed by atoms with E-state index in [1.807, 2.05) is 24.3 Å². The molecule has 0 saturated carbocycles. The smallest absolute Gasteiger partial charge is 0.338 e. The minimum Gasteiger partial charge on any atom is -0.452 e. The molecular weight excluding hydrogens is 302 g/mol. The summed E-state index contributed by atoms with van der Waals surface area (Å²) in [6.45, 7) is -0.364. The number of amides is 1. The summed E-state index contributed by atoms with van der Waals surface area (Å²) in [6, 6.07) is 10.6. The molecule has 0 aliphatic rings. The molecule has 0 atom stereocenters. The zero-order valence-electron chi connectivity index (χ0n) is 11.4. The van der Waals surface area contributed by atoms with Gasteiger partial charge in [0.2, 0.25) is 0 Å². The van der Waals surface area contributed by atoms with Crippen molar-refractivity contribution in [3.05, 3.63) is 54.4 Å². The minimum absolute atomic E-state index is 0.350. The average molecular weight is 313 g/mol. The van der Waals surface area contributed by atoms with Crippen molar-refractivity contribution >= 4 is 38.6 Å². The van der Waals surface area contributed by atoms with Crippen molar-refractivity contribution in [1.29, 1.82) is 0 Å². The molecule has 2 aromatic heterocycles. The Labute approximate surface area is 129 Å². The van der Waals surface area contributed by atoms with Crippen LogP contribution in [0.1, 0.15) is 10.4 Å². The number of carbonyl (C=O) groups excluding carboxylic acids is 2. The van der Waals surface area contributed by atoms with Crippen LogP contribution in [0.4, 0.5) is 5.13 Å². The molecular formula is C15H11N3O3S. The van der Waals surface area contributed by atoms with E-state index < -0.39 is 11.9 Å². The molecule has 7 heteroatoms. The van der Waals surface area contributed by atoms with Crippen LogP contribution in [0.5, 0.6) is 0 Å². The van der Waals surface area contributed by atoms with Crippen LogP contribution >= 0.6 is 11.3 Å². The van der Waals surface area contributed by atoms with Gasteiger partial charge in [-0.2, -0.15) is 0 Å². The molecule has 6 nitrogen and oxygen atoms in total. The number of fused-ring (bicyclic) bond motifs is 1. The first-order chi connectivity index (χ1) is 10.7. The topological polar surface area (TPSA) is 81.2 Å². The van der Waals surface area contributed by atoms with Crippen LogP contribution in [-0.4, -0.2) is 28.5 Å². The summed E-state index contributed by atoms with van der Waals surface area (Å²) < 4.78 is 5.91. The van der Waals surface area contributed by atoms with Crippen molar-refractivity contribution in [2.45, 2.75) is 0 Å².